The summed E-state index contributed by atoms with van der Waals surface area (Å²) in [6.07, 6.45) is 1.59. The molecular formula is C29H30ClFN4O3. The van der Waals surface area contributed by atoms with E-state index in [-0.39, 0.29) is 24.7 Å². The summed E-state index contributed by atoms with van der Waals surface area (Å²) in [6.45, 7) is 0.845. The third kappa shape index (κ3) is 6.32. The maximum absolute atomic E-state index is 14.9. The van der Waals surface area contributed by atoms with Crippen LogP contribution in [-0.4, -0.2) is 47.2 Å². The number of β-amino-alcohol motifs (C(OH)–C–C–N with tert-alkyl or cyclic N) is 1. The zero-order valence-electron chi connectivity index (χ0n) is 20.7. The average Bonchev–Trinajstić information content (AvgIpc) is 3.66. The summed E-state index contributed by atoms with van der Waals surface area (Å²) in [5.74, 6) is -0.488. The van der Waals surface area contributed by atoms with Gasteiger partial charge in [0.1, 0.15) is 11.9 Å². The van der Waals surface area contributed by atoms with Crippen molar-refractivity contribution >= 4 is 34.9 Å². The van der Waals surface area contributed by atoms with Crippen molar-refractivity contribution in [1.82, 2.24) is 10.2 Å². The number of rotatable bonds is 8. The number of carbonyl (C=O) groups is 2. The summed E-state index contributed by atoms with van der Waals surface area (Å²) >= 11 is 5.90. The van der Waals surface area contributed by atoms with E-state index in [1.807, 2.05) is 30.3 Å². The van der Waals surface area contributed by atoms with E-state index in [4.69, 9.17) is 11.6 Å². The van der Waals surface area contributed by atoms with Crippen LogP contribution < -0.4 is 16.0 Å². The third-order valence-electron chi connectivity index (χ3n) is 6.96. The van der Waals surface area contributed by atoms with Gasteiger partial charge in [0, 0.05) is 23.7 Å². The zero-order valence-corrected chi connectivity index (χ0v) is 21.5. The number of urea groups is 1. The van der Waals surface area contributed by atoms with Crippen LogP contribution in [0.4, 0.5) is 20.6 Å². The van der Waals surface area contributed by atoms with Crippen molar-refractivity contribution in [1.29, 1.82) is 0 Å². The van der Waals surface area contributed by atoms with Gasteiger partial charge < -0.3 is 26.0 Å². The molecule has 7 nitrogen and oxygen atoms in total. The van der Waals surface area contributed by atoms with Crippen molar-refractivity contribution in [2.75, 3.05) is 23.7 Å². The maximum Gasteiger partial charge on any atom is 0.322 e. The third-order valence-corrected chi connectivity index (χ3v) is 7.21. The van der Waals surface area contributed by atoms with Crippen molar-refractivity contribution in [3.8, 4) is 0 Å². The van der Waals surface area contributed by atoms with E-state index in [1.54, 1.807) is 36.4 Å². The molecule has 0 radical (unpaired) electrons. The number of anilines is 2. The summed E-state index contributed by atoms with van der Waals surface area (Å²) in [4.78, 5) is 27.4. The lowest BCUT2D eigenvalue weighted by atomic mass is 9.97. The van der Waals surface area contributed by atoms with E-state index in [2.05, 4.69) is 16.0 Å². The van der Waals surface area contributed by atoms with Crippen LogP contribution in [0, 0.1) is 11.7 Å². The molecule has 1 saturated heterocycles. The normalized spacial score (nSPS) is 19.7. The van der Waals surface area contributed by atoms with Crippen molar-refractivity contribution in [3.05, 3.63) is 94.8 Å². The second-order valence-corrected chi connectivity index (χ2v) is 10.4. The zero-order chi connectivity index (χ0) is 26.6. The largest absolute Gasteiger partial charge is 0.391 e. The fourth-order valence-electron chi connectivity index (χ4n) is 4.73. The molecule has 5 rings (SSSR count). The van der Waals surface area contributed by atoms with Crippen LogP contribution in [0.3, 0.4) is 0 Å². The molecule has 198 valence electrons. The Labute approximate surface area is 226 Å². The summed E-state index contributed by atoms with van der Waals surface area (Å²) in [7, 11) is 0. The van der Waals surface area contributed by atoms with Crippen LogP contribution in [0.1, 0.15) is 36.4 Å². The molecule has 1 aliphatic heterocycles. The standard InChI is InChI=1S/C29H30ClFN4O3/c30-21-9-11-22(12-10-21)33-29(38)35-17-23(36)15-26(35)28(37)34-25-14-20(8-13-24(25)31)27(32-16-18-6-7-18)19-4-2-1-3-5-19/h1-5,8-14,18,23,26-27,32,36H,6-7,15-17H2,(H,33,38)(H,34,37). The van der Waals surface area contributed by atoms with Crippen molar-refractivity contribution in [2.24, 2.45) is 5.92 Å². The molecule has 0 spiro atoms. The Balaban J connectivity index is 1.32. The molecule has 2 fully saturated rings. The van der Waals surface area contributed by atoms with Gasteiger partial charge in [0.2, 0.25) is 5.91 Å². The highest BCUT2D eigenvalue weighted by Gasteiger charge is 2.39. The highest BCUT2D eigenvalue weighted by Crippen LogP contribution is 2.31. The summed E-state index contributed by atoms with van der Waals surface area (Å²) in [5, 5.41) is 19.7. The molecule has 9 heteroatoms. The van der Waals surface area contributed by atoms with Gasteiger partial charge >= 0.3 is 6.03 Å². The molecule has 0 aromatic heterocycles. The number of aliphatic hydroxyl groups is 1. The number of likely N-dealkylation sites (tertiary alicyclic amines) is 1. The first-order valence-corrected chi connectivity index (χ1v) is 13.1. The molecule has 3 aromatic rings. The van der Waals surface area contributed by atoms with E-state index in [1.165, 1.54) is 23.8 Å². The first-order chi connectivity index (χ1) is 18.4. The average molecular weight is 537 g/mol. The molecule has 3 amide bonds. The number of aliphatic hydroxyl groups excluding tert-OH is 1. The highest BCUT2D eigenvalue weighted by molar-refractivity contribution is 6.30. The lowest BCUT2D eigenvalue weighted by Gasteiger charge is -2.25. The van der Waals surface area contributed by atoms with Crippen LogP contribution >= 0.6 is 11.6 Å². The Morgan fingerprint density at radius 3 is 2.45 bits per heavy atom. The number of amides is 3. The lowest BCUT2D eigenvalue weighted by Crippen LogP contribution is -2.45. The predicted octanol–water partition coefficient (Wildman–Crippen LogP) is 5.17. The predicted molar refractivity (Wildman–Crippen MR) is 146 cm³/mol. The van der Waals surface area contributed by atoms with Gasteiger partial charge in [0.05, 0.1) is 17.8 Å². The summed E-state index contributed by atoms with van der Waals surface area (Å²) in [5.41, 5.74) is 2.39. The molecule has 2 aliphatic rings. The first-order valence-electron chi connectivity index (χ1n) is 12.8. The first kappa shape index (κ1) is 26.2. The SMILES string of the molecule is O=C(Nc1cc(C(NCC2CC2)c2ccccc2)ccc1F)C1CC(O)CN1C(=O)Nc1ccc(Cl)cc1. The number of hydrogen-bond acceptors (Lipinski definition) is 4. The van der Waals surface area contributed by atoms with Crippen LogP contribution in [0.2, 0.25) is 5.02 Å². The highest BCUT2D eigenvalue weighted by atomic mass is 35.5. The molecule has 3 atom stereocenters. The molecule has 1 saturated carbocycles. The second-order valence-electron chi connectivity index (χ2n) is 9.92. The molecule has 1 aliphatic carbocycles. The lowest BCUT2D eigenvalue weighted by molar-refractivity contribution is -0.119. The Morgan fingerprint density at radius 2 is 1.74 bits per heavy atom. The van der Waals surface area contributed by atoms with Gasteiger partial charge in [-0.1, -0.05) is 48.0 Å². The molecule has 1 heterocycles. The number of nitrogens with one attached hydrogen (secondary N) is 3. The van der Waals surface area contributed by atoms with Crippen molar-refractivity contribution in [3.63, 3.8) is 0 Å². The van der Waals surface area contributed by atoms with Crippen LogP contribution in [0.5, 0.6) is 0 Å². The number of halogens is 2. The van der Waals surface area contributed by atoms with E-state index < -0.39 is 29.9 Å². The minimum absolute atomic E-state index is 0.0127. The Kier molecular flexibility index (Phi) is 7.93. The fraction of sp³-hybridized carbons (Fsp3) is 0.310. The van der Waals surface area contributed by atoms with Gasteiger partial charge in [-0.3, -0.25) is 4.79 Å². The molecule has 3 unspecified atom stereocenters. The van der Waals surface area contributed by atoms with Crippen LogP contribution in [-0.2, 0) is 4.79 Å². The van der Waals surface area contributed by atoms with Gasteiger partial charge in [-0.2, -0.15) is 0 Å². The minimum atomic E-state index is -0.960. The summed E-state index contributed by atoms with van der Waals surface area (Å²) < 4.78 is 14.9. The number of hydrogen-bond donors (Lipinski definition) is 4. The molecule has 4 N–H and O–H groups in total. The van der Waals surface area contributed by atoms with Crippen molar-refractivity contribution in [2.45, 2.75) is 37.5 Å². The van der Waals surface area contributed by atoms with Gasteiger partial charge in [-0.05, 0) is 72.8 Å². The maximum atomic E-state index is 14.9. The Bertz CT molecular complexity index is 1290. The molecular weight excluding hydrogens is 507 g/mol. The molecule has 0 bridgehead atoms. The van der Waals surface area contributed by atoms with E-state index in [9.17, 15) is 19.1 Å². The van der Waals surface area contributed by atoms with E-state index in [0.29, 0.717) is 16.6 Å². The molecule has 38 heavy (non-hydrogen) atoms. The van der Waals surface area contributed by atoms with E-state index in [0.717, 1.165) is 17.7 Å². The monoisotopic (exact) mass is 536 g/mol. The summed E-state index contributed by atoms with van der Waals surface area (Å²) in [6, 6.07) is 19.5. The van der Waals surface area contributed by atoms with Gasteiger partial charge in [-0.25, -0.2) is 9.18 Å². The quantitative estimate of drug-likeness (QED) is 0.319. The Hall–Kier alpha value is -3.46. The van der Waals surface area contributed by atoms with Gasteiger partial charge in [0.25, 0.3) is 0 Å². The Morgan fingerprint density at radius 1 is 1.00 bits per heavy atom. The number of benzene rings is 3. The van der Waals surface area contributed by atoms with E-state index >= 15 is 0 Å². The fourth-order valence-corrected chi connectivity index (χ4v) is 4.86. The topological polar surface area (TPSA) is 93.7 Å². The smallest absolute Gasteiger partial charge is 0.322 e. The minimum Gasteiger partial charge on any atom is -0.391 e. The van der Waals surface area contributed by atoms with Crippen LogP contribution in [0.25, 0.3) is 0 Å². The number of nitrogens with zero attached hydrogens (tertiary/aromatic N) is 1. The van der Waals surface area contributed by atoms with Crippen LogP contribution in [0.15, 0.2) is 72.8 Å². The number of carbonyl (C=O) groups excluding carboxylic acids is 2. The van der Waals surface area contributed by atoms with Gasteiger partial charge in [-0.15, -0.1) is 0 Å². The van der Waals surface area contributed by atoms with Crippen molar-refractivity contribution < 1.29 is 19.1 Å². The van der Waals surface area contributed by atoms with Gasteiger partial charge in [0.15, 0.2) is 0 Å². The second kappa shape index (κ2) is 11.5. The molecule has 3 aromatic carbocycles.